The third kappa shape index (κ3) is 3.58. The summed E-state index contributed by atoms with van der Waals surface area (Å²) in [5.41, 5.74) is -0.104. The molecule has 0 unspecified atom stereocenters. The summed E-state index contributed by atoms with van der Waals surface area (Å²) in [6.45, 7) is 4.35. The Balaban J connectivity index is 1.70. The molecule has 0 amide bonds. The van der Waals surface area contributed by atoms with E-state index >= 15 is 0 Å². The maximum Gasteiger partial charge on any atom is 0.325 e. The van der Waals surface area contributed by atoms with Crippen molar-refractivity contribution in [1.82, 2.24) is 9.80 Å². The summed E-state index contributed by atoms with van der Waals surface area (Å²) in [6.07, 6.45) is 1.64. The largest absolute Gasteiger partial charge is 0.480 e. The Labute approximate surface area is 139 Å². The number of hydrogen-bond acceptors (Lipinski definition) is 4. The van der Waals surface area contributed by atoms with Crippen molar-refractivity contribution in [3.8, 4) is 0 Å². The van der Waals surface area contributed by atoms with Gasteiger partial charge in [-0.25, -0.2) is 8.78 Å². The van der Waals surface area contributed by atoms with Gasteiger partial charge in [-0.05, 0) is 18.9 Å². The fourth-order valence-electron chi connectivity index (χ4n) is 3.67. The molecule has 132 valence electrons. The minimum absolute atomic E-state index is 0.104. The summed E-state index contributed by atoms with van der Waals surface area (Å²) < 4.78 is 32.9. The molecule has 2 aliphatic rings. The number of rotatable bonds is 4. The first kappa shape index (κ1) is 17.3. The van der Waals surface area contributed by atoms with E-state index in [1.165, 1.54) is 12.1 Å². The lowest BCUT2D eigenvalue weighted by molar-refractivity contribution is -0.144. The van der Waals surface area contributed by atoms with Crippen LogP contribution in [-0.4, -0.2) is 66.3 Å². The van der Waals surface area contributed by atoms with E-state index < -0.39 is 23.6 Å². The second-order valence-electron chi connectivity index (χ2n) is 6.30. The predicted molar refractivity (Wildman–Crippen MR) is 83.7 cm³/mol. The zero-order valence-electron chi connectivity index (χ0n) is 13.5. The SMILES string of the molecule is O=C(O)[C@H](c1cccc(F)c1F)N1CCC(N2CCOCC2)CC1. The lowest BCUT2D eigenvalue weighted by Gasteiger charge is -2.41. The summed E-state index contributed by atoms with van der Waals surface area (Å²) in [5.74, 6) is -3.23. The van der Waals surface area contributed by atoms with Crippen molar-refractivity contribution in [3.63, 3.8) is 0 Å². The van der Waals surface area contributed by atoms with Crippen molar-refractivity contribution in [2.75, 3.05) is 39.4 Å². The smallest absolute Gasteiger partial charge is 0.325 e. The molecule has 3 rings (SSSR count). The Hall–Kier alpha value is -1.57. The number of ether oxygens (including phenoxy) is 1. The number of halogens is 2. The van der Waals surface area contributed by atoms with Gasteiger partial charge in [-0.2, -0.15) is 0 Å². The molecular weight excluding hydrogens is 318 g/mol. The van der Waals surface area contributed by atoms with E-state index in [-0.39, 0.29) is 5.56 Å². The van der Waals surface area contributed by atoms with Gasteiger partial charge in [0.15, 0.2) is 11.6 Å². The lowest BCUT2D eigenvalue weighted by Crippen LogP contribution is -2.50. The molecule has 2 aliphatic heterocycles. The number of aliphatic carboxylic acids is 1. The van der Waals surface area contributed by atoms with Gasteiger partial charge in [-0.1, -0.05) is 12.1 Å². The first-order valence-electron chi connectivity index (χ1n) is 8.30. The molecule has 2 fully saturated rings. The molecule has 2 saturated heterocycles. The zero-order valence-corrected chi connectivity index (χ0v) is 13.5. The van der Waals surface area contributed by atoms with Gasteiger partial charge in [-0.3, -0.25) is 14.6 Å². The Bertz CT molecular complexity index is 585. The van der Waals surface area contributed by atoms with Crippen molar-refractivity contribution < 1.29 is 23.4 Å². The number of carboxylic acids is 1. The molecule has 1 aromatic rings. The van der Waals surface area contributed by atoms with Gasteiger partial charge < -0.3 is 9.84 Å². The fraction of sp³-hybridized carbons (Fsp3) is 0.588. The van der Waals surface area contributed by atoms with Crippen LogP contribution in [0.5, 0.6) is 0 Å². The maximum absolute atomic E-state index is 14.0. The number of piperidine rings is 1. The number of nitrogens with zero attached hydrogens (tertiary/aromatic N) is 2. The van der Waals surface area contributed by atoms with Crippen molar-refractivity contribution in [2.24, 2.45) is 0 Å². The molecule has 0 aromatic heterocycles. The fourth-order valence-corrected chi connectivity index (χ4v) is 3.67. The minimum atomic E-state index is -1.15. The van der Waals surface area contributed by atoms with E-state index in [2.05, 4.69) is 4.90 Å². The van der Waals surface area contributed by atoms with Gasteiger partial charge in [0.25, 0.3) is 0 Å². The summed E-state index contributed by atoms with van der Waals surface area (Å²) >= 11 is 0. The van der Waals surface area contributed by atoms with Crippen LogP contribution < -0.4 is 0 Å². The molecule has 0 bridgehead atoms. The zero-order chi connectivity index (χ0) is 17.1. The topological polar surface area (TPSA) is 53.0 Å². The monoisotopic (exact) mass is 340 g/mol. The Morgan fingerprint density at radius 1 is 1.17 bits per heavy atom. The van der Waals surface area contributed by atoms with Crippen molar-refractivity contribution >= 4 is 5.97 Å². The second-order valence-corrected chi connectivity index (χ2v) is 6.30. The molecule has 2 heterocycles. The highest BCUT2D eigenvalue weighted by Crippen LogP contribution is 2.29. The Morgan fingerprint density at radius 3 is 2.46 bits per heavy atom. The number of carbonyl (C=O) groups is 1. The molecule has 7 heteroatoms. The molecule has 0 saturated carbocycles. The summed E-state index contributed by atoms with van der Waals surface area (Å²) in [7, 11) is 0. The highest BCUT2D eigenvalue weighted by Gasteiger charge is 2.35. The number of benzene rings is 1. The summed E-state index contributed by atoms with van der Waals surface area (Å²) in [5, 5.41) is 9.55. The van der Waals surface area contributed by atoms with E-state index in [1.54, 1.807) is 4.90 Å². The van der Waals surface area contributed by atoms with E-state index in [9.17, 15) is 18.7 Å². The van der Waals surface area contributed by atoms with Crippen molar-refractivity contribution in [2.45, 2.75) is 24.9 Å². The molecule has 0 aliphatic carbocycles. The molecule has 24 heavy (non-hydrogen) atoms. The van der Waals surface area contributed by atoms with Gasteiger partial charge in [0.1, 0.15) is 6.04 Å². The van der Waals surface area contributed by atoms with Crippen molar-refractivity contribution in [1.29, 1.82) is 0 Å². The van der Waals surface area contributed by atoms with Gasteiger partial charge in [0.2, 0.25) is 0 Å². The van der Waals surface area contributed by atoms with E-state index in [0.717, 1.165) is 45.2 Å². The summed E-state index contributed by atoms with van der Waals surface area (Å²) in [6, 6.07) is 2.96. The highest BCUT2D eigenvalue weighted by molar-refractivity contribution is 5.75. The van der Waals surface area contributed by atoms with E-state index in [1.807, 2.05) is 0 Å². The van der Waals surface area contributed by atoms with E-state index in [0.29, 0.717) is 19.1 Å². The normalized spacial score (nSPS) is 22.4. The number of likely N-dealkylation sites (tertiary alicyclic amines) is 1. The highest BCUT2D eigenvalue weighted by atomic mass is 19.2. The first-order chi connectivity index (χ1) is 11.6. The summed E-state index contributed by atoms with van der Waals surface area (Å²) in [4.78, 5) is 15.8. The van der Waals surface area contributed by atoms with Crippen molar-refractivity contribution in [3.05, 3.63) is 35.4 Å². The van der Waals surface area contributed by atoms with Crippen LogP contribution in [0, 0.1) is 11.6 Å². The average molecular weight is 340 g/mol. The number of hydrogen-bond donors (Lipinski definition) is 1. The molecule has 1 N–H and O–H groups in total. The van der Waals surface area contributed by atoms with Gasteiger partial charge in [0.05, 0.1) is 13.2 Å². The molecule has 1 atom stereocenters. The number of carboxylic acid groups (broad SMARTS) is 1. The van der Waals surface area contributed by atoms with E-state index in [4.69, 9.17) is 4.74 Å². The number of morpholine rings is 1. The van der Waals surface area contributed by atoms with Crippen LogP contribution in [0.3, 0.4) is 0 Å². The molecular formula is C17H22F2N2O3. The van der Waals surface area contributed by atoms with Gasteiger partial charge in [0, 0.05) is 37.8 Å². The first-order valence-corrected chi connectivity index (χ1v) is 8.30. The van der Waals surface area contributed by atoms with Gasteiger partial charge >= 0.3 is 5.97 Å². The maximum atomic E-state index is 14.0. The second kappa shape index (κ2) is 7.55. The predicted octanol–water partition coefficient (Wildman–Crippen LogP) is 1.89. The molecule has 0 radical (unpaired) electrons. The van der Waals surface area contributed by atoms with Crippen LogP contribution in [0.4, 0.5) is 8.78 Å². The Kier molecular flexibility index (Phi) is 5.43. The standard InChI is InChI=1S/C17H22F2N2O3/c18-14-3-1-2-13(15(14)19)16(17(22)23)21-6-4-12(5-7-21)20-8-10-24-11-9-20/h1-3,12,16H,4-11H2,(H,22,23)/t16-/m0/s1. The van der Waals surface area contributed by atoms with Crippen LogP contribution in [0.15, 0.2) is 18.2 Å². The molecule has 5 nitrogen and oxygen atoms in total. The van der Waals surface area contributed by atoms with Crippen LogP contribution >= 0.6 is 0 Å². The third-order valence-electron chi connectivity index (χ3n) is 4.94. The van der Waals surface area contributed by atoms with Crippen LogP contribution in [0.2, 0.25) is 0 Å². The van der Waals surface area contributed by atoms with Crippen LogP contribution in [0.25, 0.3) is 0 Å². The Morgan fingerprint density at radius 2 is 1.83 bits per heavy atom. The van der Waals surface area contributed by atoms with Crippen LogP contribution in [-0.2, 0) is 9.53 Å². The third-order valence-corrected chi connectivity index (χ3v) is 4.94. The van der Waals surface area contributed by atoms with Gasteiger partial charge in [-0.15, -0.1) is 0 Å². The quantitative estimate of drug-likeness (QED) is 0.907. The minimum Gasteiger partial charge on any atom is -0.480 e. The molecule has 1 aromatic carbocycles. The lowest BCUT2D eigenvalue weighted by atomic mass is 9.97. The average Bonchev–Trinajstić information content (AvgIpc) is 2.60. The van der Waals surface area contributed by atoms with Crippen LogP contribution in [0.1, 0.15) is 24.4 Å². The molecule has 0 spiro atoms.